The molecule has 0 saturated heterocycles. The lowest BCUT2D eigenvalue weighted by Crippen LogP contribution is -2.41. The van der Waals surface area contributed by atoms with Crippen molar-refractivity contribution in [2.45, 2.75) is 19.4 Å². The molecule has 10 heavy (non-hydrogen) atoms. The SMILES string of the molecule is CCC(NC(N)=O)C(=O)S. The molecular formula is C5H10N2O2S. The molecule has 3 N–H and O–H groups in total. The second kappa shape index (κ2) is 4.16. The second-order valence-corrected chi connectivity index (χ2v) is 2.25. The first-order valence-electron chi connectivity index (χ1n) is 2.86. The molecule has 1 unspecified atom stereocenters. The molecule has 4 nitrogen and oxygen atoms in total. The molecule has 0 aromatic heterocycles. The van der Waals surface area contributed by atoms with Gasteiger partial charge in [0.15, 0.2) is 0 Å². The Hall–Kier alpha value is -0.710. The number of thiol groups is 1. The first-order valence-corrected chi connectivity index (χ1v) is 3.31. The third-order valence-electron chi connectivity index (χ3n) is 1.02. The second-order valence-electron chi connectivity index (χ2n) is 1.81. The van der Waals surface area contributed by atoms with Crippen LogP contribution in [0.3, 0.4) is 0 Å². The Balaban J connectivity index is 3.83. The van der Waals surface area contributed by atoms with Crippen molar-refractivity contribution in [3.8, 4) is 0 Å². The molecule has 5 heteroatoms. The van der Waals surface area contributed by atoms with Crippen LogP contribution in [0.15, 0.2) is 0 Å². The highest BCUT2D eigenvalue weighted by atomic mass is 32.1. The summed E-state index contributed by atoms with van der Waals surface area (Å²) in [6.07, 6.45) is 0.505. The number of urea groups is 1. The standard InChI is InChI=1S/C5H10N2O2S/c1-2-3(4(8)10)7-5(6)9/h3H,2H2,1H3,(H,8,10)(H3,6,7,9). The molecule has 0 aliphatic rings. The van der Waals surface area contributed by atoms with E-state index in [0.29, 0.717) is 6.42 Å². The molecule has 0 bridgehead atoms. The van der Waals surface area contributed by atoms with E-state index in [0.717, 1.165) is 0 Å². The normalized spacial score (nSPS) is 12.2. The van der Waals surface area contributed by atoms with Crippen molar-refractivity contribution in [1.82, 2.24) is 5.32 Å². The zero-order valence-corrected chi connectivity index (χ0v) is 6.52. The number of rotatable bonds is 3. The summed E-state index contributed by atoms with van der Waals surface area (Å²) in [5.41, 5.74) is 4.77. The highest BCUT2D eigenvalue weighted by Crippen LogP contribution is 1.94. The van der Waals surface area contributed by atoms with E-state index >= 15 is 0 Å². The van der Waals surface area contributed by atoms with Gasteiger partial charge in [0.2, 0.25) is 5.12 Å². The van der Waals surface area contributed by atoms with Crippen molar-refractivity contribution in [3.63, 3.8) is 0 Å². The number of carbonyl (C=O) groups is 2. The third-order valence-corrected chi connectivity index (χ3v) is 1.33. The lowest BCUT2D eigenvalue weighted by atomic mass is 10.2. The van der Waals surface area contributed by atoms with Gasteiger partial charge in [0, 0.05) is 0 Å². The third kappa shape index (κ3) is 3.34. The van der Waals surface area contributed by atoms with Crippen molar-refractivity contribution >= 4 is 23.8 Å². The van der Waals surface area contributed by atoms with Gasteiger partial charge in [-0.05, 0) is 6.42 Å². The van der Waals surface area contributed by atoms with Crippen LogP contribution in [0.5, 0.6) is 0 Å². The average molecular weight is 162 g/mol. The minimum atomic E-state index is -0.700. The Kier molecular flexibility index (Phi) is 3.87. The van der Waals surface area contributed by atoms with Gasteiger partial charge in [0.05, 0.1) is 6.04 Å². The fourth-order valence-electron chi connectivity index (χ4n) is 0.510. The number of amides is 2. The van der Waals surface area contributed by atoms with Crippen LogP contribution in [-0.2, 0) is 4.79 Å². The summed E-state index contributed by atoms with van der Waals surface area (Å²) in [6.45, 7) is 1.76. The number of primary amides is 1. The predicted octanol–water partition coefficient (Wildman–Crippen LogP) is -0.110. The van der Waals surface area contributed by atoms with Gasteiger partial charge in [0.25, 0.3) is 0 Å². The average Bonchev–Trinajstić information content (AvgIpc) is 1.81. The Morgan fingerprint density at radius 2 is 2.20 bits per heavy atom. The van der Waals surface area contributed by atoms with Gasteiger partial charge in [-0.3, -0.25) is 4.79 Å². The topological polar surface area (TPSA) is 72.2 Å². The van der Waals surface area contributed by atoms with E-state index in [1.54, 1.807) is 6.92 Å². The minimum Gasteiger partial charge on any atom is -0.352 e. The number of nitrogens with one attached hydrogen (secondary N) is 1. The molecule has 0 radical (unpaired) electrons. The highest BCUT2D eigenvalue weighted by molar-refractivity contribution is 7.96. The lowest BCUT2D eigenvalue weighted by molar-refractivity contribution is -0.112. The van der Waals surface area contributed by atoms with Crippen LogP contribution in [0, 0.1) is 0 Å². The molecule has 0 aromatic rings. The maximum absolute atomic E-state index is 10.5. The summed E-state index contributed by atoms with van der Waals surface area (Å²) in [7, 11) is 0. The van der Waals surface area contributed by atoms with Crippen LogP contribution in [-0.4, -0.2) is 17.2 Å². The maximum Gasteiger partial charge on any atom is 0.312 e. The van der Waals surface area contributed by atoms with Crippen molar-refractivity contribution in [2.24, 2.45) is 5.73 Å². The largest absolute Gasteiger partial charge is 0.352 e. The monoisotopic (exact) mass is 162 g/mol. The summed E-state index contributed by atoms with van der Waals surface area (Å²) < 4.78 is 0. The number of nitrogens with two attached hydrogens (primary N) is 1. The summed E-state index contributed by atoms with van der Waals surface area (Å²) >= 11 is 3.54. The van der Waals surface area contributed by atoms with Gasteiger partial charge in [-0.2, -0.15) is 0 Å². The van der Waals surface area contributed by atoms with Crippen LogP contribution >= 0.6 is 12.6 Å². The number of hydrogen-bond donors (Lipinski definition) is 3. The number of hydrogen-bond acceptors (Lipinski definition) is 2. The Morgan fingerprint density at radius 3 is 2.30 bits per heavy atom. The smallest absolute Gasteiger partial charge is 0.312 e. The van der Waals surface area contributed by atoms with Crippen LogP contribution in [0.4, 0.5) is 4.79 Å². The van der Waals surface area contributed by atoms with E-state index in [4.69, 9.17) is 5.73 Å². The van der Waals surface area contributed by atoms with Crippen LogP contribution in [0.2, 0.25) is 0 Å². The van der Waals surface area contributed by atoms with Gasteiger partial charge >= 0.3 is 6.03 Å². The molecule has 0 heterocycles. The Labute approximate surface area is 64.6 Å². The first kappa shape index (κ1) is 9.29. The van der Waals surface area contributed by atoms with Gasteiger partial charge in [0.1, 0.15) is 0 Å². The van der Waals surface area contributed by atoms with Crippen molar-refractivity contribution < 1.29 is 9.59 Å². The summed E-state index contributed by atoms with van der Waals surface area (Å²) in [6, 6.07) is -1.25. The van der Waals surface area contributed by atoms with Crippen LogP contribution < -0.4 is 11.1 Å². The molecule has 0 spiro atoms. The molecule has 0 saturated carbocycles. The fraction of sp³-hybridized carbons (Fsp3) is 0.600. The van der Waals surface area contributed by atoms with Crippen molar-refractivity contribution in [2.75, 3.05) is 0 Å². The zero-order chi connectivity index (χ0) is 8.15. The van der Waals surface area contributed by atoms with Gasteiger partial charge in [-0.15, -0.1) is 12.6 Å². The quantitative estimate of drug-likeness (QED) is 0.507. The fourth-order valence-corrected chi connectivity index (χ4v) is 0.757. The Bertz CT molecular complexity index is 149. The molecule has 0 aliphatic heterocycles. The van der Waals surface area contributed by atoms with Crippen LogP contribution in [0.1, 0.15) is 13.3 Å². The van der Waals surface area contributed by atoms with E-state index in [2.05, 4.69) is 17.9 Å². The van der Waals surface area contributed by atoms with E-state index in [9.17, 15) is 9.59 Å². The van der Waals surface area contributed by atoms with Crippen molar-refractivity contribution in [3.05, 3.63) is 0 Å². The van der Waals surface area contributed by atoms with Gasteiger partial charge < -0.3 is 11.1 Å². The first-order chi connectivity index (χ1) is 4.57. The van der Waals surface area contributed by atoms with E-state index in [1.165, 1.54) is 0 Å². The molecule has 58 valence electrons. The van der Waals surface area contributed by atoms with Crippen molar-refractivity contribution in [1.29, 1.82) is 0 Å². The maximum atomic E-state index is 10.5. The molecule has 0 fully saturated rings. The summed E-state index contributed by atoms with van der Waals surface area (Å²) in [4.78, 5) is 20.7. The summed E-state index contributed by atoms with van der Waals surface area (Å²) in [5, 5.41) is 1.87. The lowest BCUT2D eigenvalue weighted by Gasteiger charge is -2.09. The molecule has 0 aliphatic carbocycles. The van der Waals surface area contributed by atoms with E-state index < -0.39 is 12.1 Å². The highest BCUT2D eigenvalue weighted by Gasteiger charge is 2.12. The molecule has 1 atom stereocenters. The number of carbonyl (C=O) groups excluding carboxylic acids is 2. The zero-order valence-electron chi connectivity index (χ0n) is 5.63. The molecule has 0 aromatic carbocycles. The Morgan fingerprint density at radius 1 is 1.70 bits per heavy atom. The molecular weight excluding hydrogens is 152 g/mol. The van der Waals surface area contributed by atoms with Gasteiger partial charge in [-0.1, -0.05) is 6.92 Å². The summed E-state index contributed by atoms with van der Waals surface area (Å²) in [5.74, 6) is 0. The van der Waals surface area contributed by atoms with E-state index in [1.807, 2.05) is 0 Å². The molecule has 2 amide bonds. The minimum absolute atomic E-state index is 0.374. The van der Waals surface area contributed by atoms with Crippen LogP contribution in [0.25, 0.3) is 0 Å². The predicted molar refractivity (Wildman–Crippen MR) is 40.8 cm³/mol. The van der Waals surface area contributed by atoms with E-state index in [-0.39, 0.29) is 5.12 Å². The molecule has 0 rings (SSSR count). The van der Waals surface area contributed by atoms with Gasteiger partial charge in [-0.25, -0.2) is 4.79 Å².